The summed E-state index contributed by atoms with van der Waals surface area (Å²) in [6.07, 6.45) is 3.61. The van der Waals surface area contributed by atoms with Gasteiger partial charge in [0.25, 0.3) is 5.91 Å². The zero-order valence-corrected chi connectivity index (χ0v) is 20.0. The fourth-order valence-electron chi connectivity index (χ4n) is 4.13. The number of hydrogen-bond donors (Lipinski definition) is 0. The molecular formula is C27H20N4OS2. The van der Waals surface area contributed by atoms with Crippen molar-refractivity contribution in [2.75, 3.05) is 11.9 Å². The van der Waals surface area contributed by atoms with Gasteiger partial charge in [0.1, 0.15) is 4.91 Å². The third-order valence-corrected chi connectivity index (χ3v) is 8.29. The van der Waals surface area contributed by atoms with Gasteiger partial charge in [0.05, 0.1) is 22.9 Å². The first-order chi connectivity index (χ1) is 16.7. The summed E-state index contributed by atoms with van der Waals surface area (Å²) in [6, 6.07) is 26.2. The SMILES string of the molecule is CN1C(=C2SC(=Nc3cccc4cnccc34)N(Cc3ccccc3)C2=O)Sc2ccccc21. The van der Waals surface area contributed by atoms with E-state index in [0.717, 1.165) is 37.6 Å². The molecule has 2 aliphatic rings. The highest BCUT2D eigenvalue weighted by molar-refractivity contribution is 8.19. The Balaban J connectivity index is 1.45. The van der Waals surface area contributed by atoms with Crippen molar-refractivity contribution in [3.05, 3.63) is 107 Å². The molecule has 1 amide bonds. The van der Waals surface area contributed by atoms with Crippen LogP contribution in [0.1, 0.15) is 5.56 Å². The number of para-hydroxylation sites is 1. The van der Waals surface area contributed by atoms with Gasteiger partial charge < -0.3 is 4.90 Å². The Morgan fingerprint density at radius 3 is 2.59 bits per heavy atom. The van der Waals surface area contributed by atoms with Crippen molar-refractivity contribution in [3.8, 4) is 0 Å². The summed E-state index contributed by atoms with van der Waals surface area (Å²) in [5.41, 5.74) is 3.01. The van der Waals surface area contributed by atoms with Crippen molar-refractivity contribution in [1.82, 2.24) is 9.88 Å². The predicted octanol–water partition coefficient (Wildman–Crippen LogP) is 6.41. The van der Waals surface area contributed by atoms with E-state index in [1.807, 2.05) is 80.0 Å². The monoisotopic (exact) mass is 480 g/mol. The van der Waals surface area contributed by atoms with E-state index in [4.69, 9.17) is 4.99 Å². The number of aromatic nitrogens is 1. The highest BCUT2D eigenvalue weighted by atomic mass is 32.2. The lowest BCUT2D eigenvalue weighted by atomic mass is 10.1. The minimum absolute atomic E-state index is 0.0170. The molecule has 1 saturated heterocycles. The molecule has 1 fully saturated rings. The summed E-state index contributed by atoms with van der Waals surface area (Å²) < 4.78 is 0. The number of nitrogens with zero attached hydrogens (tertiary/aromatic N) is 4. The van der Waals surface area contributed by atoms with Crippen LogP contribution in [0.4, 0.5) is 11.4 Å². The molecule has 5 nitrogen and oxygen atoms in total. The Labute approximate surface area is 206 Å². The fraction of sp³-hybridized carbons (Fsp3) is 0.0741. The van der Waals surface area contributed by atoms with Crippen LogP contribution in [0.15, 0.2) is 111 Å². The molecule has 6 rings (SSSR count). The first kappa shape index (κ1) is 21.0. The van der Waals surface area contributed by atoms with Gasteiger partial charge >= 0.3 is 0 Å². The van der Waals surface area contributed by atoms with E-state index in [1.165, 1.54) is 11.8 Å². The lowest BCUT2D eigenvalue weighted by molar-refractivity contribution is -0.122. The van der Waals surface area contributed by atoms with E-state index in [2.05, 4.69) is 22.0 Å². The molecule has 1 aromatic heterocycles. The van der Waals surface area contributed by atoms with E-state index in [9.17, 15) is 4.79 Å². The molecule has 0 saturated carbocycles. The lowest BCUT2D eigenvalue weighted by Crippen LogP contribution is -2.29. The normalized spacial score (nSPS) is 18.9. The molecule has 0 unspecified atom stereocenters. The molecule has 0 aliphatic carbocycles. The molecule has 0 bridgehead atoms. The van der Waals surface area contributed by atoms with Crippen LogP contribution in [0.3, 0.4) is 0 Å². The maximum atomic E-state index is 13.8. The van der Waals surface area contributed by atoms with E-state index in [0.29, 0.717) is 16.6 Å². The number of carbonyl (C=O) groups is 1. The van der Waals surface area contributed by atoms with Crippen molar-refractivity contribution < 1.29 is 4.79 Å². The average Bonchev–Trinajstić information content (AvgIpc) is 3.36. The number of anilines is 1. The highest BCUT2D eigenvalue weighted by Crippen LogP contribution is 2.50. The minimum Gasteiger partial charge on any atom is -0.337 e. The maximum absolute atomic E-state index is 13.8. The predicted molar refractivity (Wildman–Crippen MR) is 141 cm³/mol. The molecule has 0 radical (unpaired) electrons. The molecule has 7 heteroatoms. The smallest absolute Gasteiger partial charge is 0.269 e. The zero-order chi connectivity index (χ0) is 23.1. The second-order valence-corrected chi connectivity index (χ2v) is 10.0. The van der Waals surface area contributed by atoms with Crippen molar-refractivity contribution >= 4 is 56.7 Å². The fourth-order valence-corrected chi connectivity index (χ4v) is 6.47. The molecule has 34 heavy (non-hydrogen) atoms. The topological polar surface area (TPSA) is 48.8 Å². The molecule has 3 aromatic carbocycles. The molecule has 0 atom stereocenters. The number of thioether (sulfide) groups is 2. The van der Waals surface area contributed by atoms with Crippen LogP contribution in [0.5, 0.6) is 0 Å². The molecule has 2 aliphatic heterocycles. The zero-order valence-electron chi connectivity index (χ0n) is 18.4. The Morgan fingerprint density at radius 2 is 1.74 bits per heavy atom. The largest absolute Gasteiger partial charge is 0.337 e. The van der Waals surface area contributed by atoms with Gasteiger partial charge in [0, 0.05) is 35.1 Å². The van der Waals surface area contributed by atoms with Crippen molar-refractivity contribution in [2.24, 2.45) is 4.99 Å². The second kappa shape index (κ2) is 8.66. The third kappa shape index (κ3) is 3.67. The van der Waals surface area contributed by atoms with Gasteiger partial charge in [-0.25, -0.2) is 4.99 Å². The number of amidine groups is 1. The summed E-state index contributed by atoms with van der Waals surface area (Å²) in [6.45, 7) is 0.468. The molecule has 0 spiro atoms. The highest BCUT2D eigenvalue weighted by Gasteiger charge is 2.39. The lowest BCUT2D eigenvalue weighted by Gasteiger charge is -2.17. The Morgan fingerprint density at radius 1 is 0.912 bits per heavy atom. The summed E-state index contributed by atoms with van der Waals surface area (Å²) in [4.78, 5) is 28.8. The second-order valence-electron chi connectivity index (χ2n) is 8.01. The van der Waals surface area contributed by atoms with Crippen molar-refractivity contribution in [3.63, 3.8) is 0 Å². The van der Waals surface area contributed by atoms with Gasteiger partial charge in [0.2, 0.25) is 0 Å². The van der Waals surface area contributed by atoms with E-state index >= 15 is 0 Å². The summed E-state index contributed by atoms with van der Waals surface area (Å²) in [7, 11) is 2.02. The Kier molecular flexibility index (Phi) is 5.36. The first-order valence-corrected chi connectivity index (χ1v) is 12.5. The number of amides is 1. The molecule has 4 aromatic rings. The van der Waals surface area contributed by atoms with Crippen LogP contribution in [-0.2, 0) is 11.3 Å². The number of fused-ring (bicyclic) bond motifs is 2. The van der Waals surface area contributed by atoms with Gasteiger partial charge in [-0.3, -0.25) is 14.7 Å². The van der Waals surface area contributed by atoms with Gasteiger partial charge in [-0.15, -0.1) is 0 Å². The van der Waals surface area contributed by atoms with Crippen LogP contribution >= 0.6 is 23.5 Å². The van der Waals surface area contributed by atoms with E-state index in [-0.39, 0.29) is 5.91 Å². The van der Waals surface area contributed by atoms with Gasteiger partial charge in [-0.2, -0.15) is 0 Å². The minimum atomic E-state index is -0.0170. The quantitative estimate of drug-likeness (QED) is 0.317. The van der Waals surface area contributed by atoms with Gasteiger partial charge in [0.15, 0.2) is 5.17 Å². The van der Waals surface area contributed by atoms with Crippen LogP contribution in [-0.4, -0.2) is 28.0 Å². The maximum Gasteiger partial charge on any atom is 0.269 e. The van der Waals surface area contributed by atoms with Crippen molar-refractivity contribution in [2.45, 2.75) is 11.4 Å². The number of carbonyl (C=O) groups excluding carboxylic acids is 1. The van der Waals surface area contributed by atoms with Crippen molar-refractivity contribution in [1.29, 1.82) is 0 Å². The molecule has 3 heterocycles. The standard InChI is InChI=1S/C27H20N4OS2/c1-30-22-12-5-6-13-23(22)33-26(30)24-25(32)31(17-18-8-3-2-4-9-18)27(34-24)29-21-11-7-10-19-16-28-15-14-20(19)21/h2-16H,17H2,1H3. The number of hydrogen-bond acceptors (Lipinski definition) is 6. The third-order valence-electron chi connectivity index (χ3n) is 5.85. The summed E-state index contributed by atoms with van der Waals surface area (Å²) in [5, 5.41) is 3.67. The van der Waals surface area contributed by atoms with E-state index in [1.54, 1.807) is 22.9 Å². The van der Waals surface area contributed by atoms with Crippen LogP contribution < -0.4 is 4.90 Å². The van der Waals surface area contributed by atoms with E-state index < -0.39 is 0 Å². The average molecular weight is 481 g/mol. The Hall–Kier alpha value is -3.55. The molecule has 0 N–H and O–H groups in total. The van der Waals surface area contributed by atoms with Crippen LogP contribution in [0.2, 0.25) is 0 Å². The van der Waals surface area contributed by atoms with Gasteiger partial charge in [-0.1, -0.05) is 66.4 Å². The first-order valence-electron chi connectivity index (χ1n) is 10.9. The van der Waals surface area contributed by atoms with Crippen LogP contribution in [0.25, 0.3) is 10.8 Å². The summed E-state index contributed by atoms with van der Waals surface area (Å²) >= 11 is 3.09. The van der Waals surface area contributed by atoms with Crippen LogP contribution in [0, 0.1) is 0 Å². The number of benzene rings is 3. The summed E-state index contributed by atoms with van der Waals surface area (Å²) in [5.74, 6) is -0.0170. The molecule has 166 valence electrons. The number of pyridine rings is 1. The Bertz CT molecular complexity index is 1480. The van der Waals surface area contributed by atoms with Gasteiger partial charge in [-0.05, 0) is 41.6 Å². The number of aliphatic imine (C=N–C) groups is 1. The number of rotatable bonds is 3. The molecular weight excluding hydrogens is 460 g/mol.